The molecule has 2 fully saturated rings. The lowest BCUT2D eigenvalue weighted by Crippen LogP contribution is -2.59. The summed E-state index contributed by atoms with van der Waals surface area (Å²) in [5.74, 6) is -0.171. The van der Waals surface area contributed by atoms with Crippen molar-refractivity contribution in [2.45, 2.75) is 31.2 Å². The summed E-state index contributed by atoms with van der Waals surface area (Å²) in [5.41, 5.74) is -0.482. The number of hydrogen-bond acceptors (Lipinski definition) is 6. The number of hydrogen-bond donors (Lipinski definition) is 1. The summed E-state index contributed by atoms with van der Waals surface area (Å²) in [4.78, 5) is 42.7. The summed E-state index contributed by atoms with van der Waals surface area (Å²) in [6.45, 7) is 0.970. The number of ether oxygens (including phenoxy) is 1. The molecule has 3 amide bonds. The van der Waals surface area contributed by atoms with Gasteiger partial charge in [-0.2, -0.15) is 0 Å². The highest BCUT2D eigenvalue weighted by molar-refractivity contribution is 6.30. The van der Waals surface area contributed by atoms with Crippen LogP contribution in [-0.2, 0) is 16.1 Å². The highest BCUT2D eigenvalue weighted by Crippen LogP contribution is 2.39. The second-order valence-electron chi connectivity index (χ2n) is 8.52. The lowest BCUT2D eigenvalue weighted by Gasteiger charge is -2.44. The van der Waals surface area contributed by atoms with Gasteiger partial charge in [0.1, 0.15) is 17.5 Å². The van der Waals surface area contributed by atoms with Crippen LogP contribution in [-0.4, -0.2) is 59.0 Å². The molecule has 0 radical (unpaired) electrons. The van der Waals surface area contributed by atoms with Crippen LogP contribution >= 0.6 is 11.6 Å². The predicted molar refractivity (Wildman–Crippen MR) is 124 cm³/mol. The topological polar surface area (TPSA) is 105 Å². The van der Waals surface area contributed by atoms with Gasteiger partial charge in [0.2, 0.25) is 5.91 Å². The molecule has 9 nitrogen and oxygen atoms in total. The van der Waals surface area contributed by atoms with Gasteiger partial charge in [-0.05, 0) is 48.5 Å². The molecule has 35 heavy (non-hydrogen) atoms. The van der Waals surface area contributed by atoms with Gasteiger partial charge in [-0.1, -0.05) is 11.6 Å². The van der Waals surface area contributed by atoms with Crippen molar-refractivity contribution in [3.05, 3.63) is 83.2 Å². The Balaban J connectivity index is 1.33. The van der Waals surface area contributed by atoms with Crippen LogP contribution in [0.15, 0.2) is 69.9 Å². The average molecular weight is 498 g/mol. The second-order valence-corrected chi connectivity index (χ2v) is 8.96. The molecule has 0 aliphatic carbocycles. The molecule has 2 aliphatic rings. The Morgan fingerprint density at radius 3 is 2.34 bits per heavy atom. The maximum Gasteiger partial charge on any atom is 0.292 e. The minimum atomic E-state index is -1.02. The number of likely N-dealkylation sites (tertiary alicyclic amines) is 1. The number of nitrogens with one attached hydrogen (secondary N) is 1. The largest absolute Gasteiger partial charge is 0.467 e. The van der Waals surface area contributed by atoms with Gasteiger partial charge in [0.05, 0.1) is 25.7 Å². The normalized spacial score (nSPS) is 19.2. The molecule has 1 unspecified atom stereocenters. The SMILES string of the molecule is O=C(NCc1ccco1)C1COC2(CCN(C(=O)c3ccc(Cl)cc3)CC2)N1C(=O)c1ccco1. The molecule has 1 N–H and O–H groups in total. The Hall–Kier alpha value is -3.56. The van der Waals surface area contributed by atoms with Crippen molar-refractivity contribution < 1.29 is 28.0 Å². The summed E-state index contributed by atoms with van der Waals surface area (Å²) in [6, 6.07) is 12.6. The van der Waals surface area contributed by atoms with Crippen molar-refractivity contribution >= 4 is 29.3 Å². The Morgan fingerprint density at radius 2 is 1.69 bits per heavy atom. The van der Waals surface area contributed by atoms with E-state index in [4.69, 9.17) is 25.2 Å². The first-order valence-corrected chi connectivity index (χ1v) is 11.7. The molecule has 4 heterocycles. The van der Waals surface area contributed by atoms with Gasteiger partial charge in [-0.15, -0.1) is 0 Å². The number of carbonyl (C=O) groups is 3. The van der Waals surface area contributed by atoms with E-state index in [0.717, 1.165) is 0 Å². The van der Waals surface area contributed by atoms with Gasteiger partial charge < -0.3 is 23.8 Å². The summed E-state index contributed by atoms with van der Waals surface area (Å²) in [5, 5.41) is 3.38. The first-order valence-electron chi connectivity index (χ1n) is 11.3. The molecular formula is C25H24ClN3O6. The van der Waals surface area contributed by atoms with Crippen LogP contribution in [0.3, 0.4) is 0 Å². The highest BCUT2D eigenvalue weighted by atomic mass is 35.5. The van der Waals surface area contributed by atoms with E-state index in [1.54, 1.807) is 53.4 Å². The third-order valence-corrected chi connectivity index (χ3v) is 6.71. The Morgan fingerprint density at radius 1 is 0.971 bits per heavy atom. The molecule has 1 aromatic carbocycles. The van der Waals surface area contributed by atoms with Crippen LogP contribution in [0.2, 0.25) is 5.02 Å². The third kappa shape index (κ3) is 4.56. The van der Waals surface area contributed by atoms with E-state index < -0.39 is 17.7 Å². The molecular weight excluding hydrogens is 474 g/mol. The number of amides is 3. The fraction of sp³-hybridized carbons (Fsp3) is 0.320. The van der Waals surface area contributed by atoms with Crippen LogP contribution in [0.4, 0.5) is 0 Å². The monoisotopic (exact) mass is 497 g/mol. The summed E-state index contributed by atoms with van der Waals surface area (Å²) < 4.78 is 16.8. The van der Waals surface area contributed by atoms with Crippen LogP contribution < -0.4 is 5.32 Å². The summed E-state index contributed by atoms with van der Waals surface area (Å²) in [6.07, 6.45) is 3.67. The number of furan rings is 2. The summed E-state index contributed by atoms with van der Waals surface area (Å²) in [7, 11) is 0. The number of nitrogens with zero attached hydrogens (tertiary/aromatic N) is 2. The molecule has 3 aromatic rings. The first kappa shape index (κ1) is 23.2. The minimum Gasteiger partial charge on any atom is -0.467 e. The molecule has 1 spiro atoms. The van der Waals surface area contributed by atoms with Crippen LogP contribution in [0.1, 0.15) is 39.5 Å². The van der Waals surface area contributed by atoms with Gasteiger partial charge in [0.25, 0.3) is 11.8 Å². The smallest absolute Gasteiger partial charge is 0.292 e. The quantitative estimate of drug-likeness (QED) is 0.579. The summed E-state index contributed by atoms with van der Waals surface area (Å²) >= 11 is 5.94. The second kappa shape index (κ2) is 9.59. The number of halogens is 1. The van der Waals surface area contributed by atoms with E-state index >= 15 is 0 Å². The van der Waals surface area contributed by atoms with E-state index in [1.165, 1.54) is 17.4 Å². The maximum absolute atomic E-state index is 13.5. The number of benzene rings is 1. The molecule has 10 heteroatoms. The highest BCUT2D eigenvalue weighted by Gasteiger charge is 2.54. The van der Waals surface area contributed by atoms with E-state index in [9.17, 15) is 14.4 Å². The Labute approximate surface area is 206 Å². The van der Waals surface area contributed by atoms with Gasteiger partial charge in [-0.3, -0.25) is 19.3 Å². The molecule has 2 saturated heterocycles. The number of rotatable bonds is 5. The van der Waals surface area contributed by atoms with Crippen molar-refractivity contribution in [3.8, 4) is 0 Å². The van der Waals surface area contributed by atoms with Gasteiger partial charge in [-0.25, -0.2) is 0 Å². The van der Waals surface area contributed by atoms with Crippen molar-refractivity contribution in [1.82, 2.24) is 15.1 Å². The minimum absolute atomic E-state index is 0.0432. The predicted octanol–water partition coefficient (Wildman–Crippen LogP) is 3.32. The fourth-order valence-electron chi connectivity index (χ4n) is 4.63. The van der Waals surface area contributed by atoms with Gasteiger partial charge >= 0.3 is 0 Å². The zero-order valence-electron chi connectivity index (χ0n) is 18.8. The fourth-order valence-corrected chi connectivity index (χ4v) is 4.75. The molecule has 0 saturated carbocycles. The van der Waals surface area contributed by atoms with Gasteiger partial charge in [0, 0.05) is 36.5 Å². The molecule has 2 aromatic heterocycles. The average Bonchev–Trinajstić information content (AvgIpc) is 3.65. The molecule has 5 rings (SSSR count). The number of carbonyl (C=O) groups excluding carboxylic acids is 3. The molecule has 0 bridgehead atoms. The van der Waals surface area contributed by atoms with E-state index in [2.05, 4.69) is 5.32 Å². The van der Waals surface area contributed by atoms with Crippen molar-refractivity contribution in [2.24, 2.45) is 0 Å². The van der Waals surface area contributed by atoms with E-state index in [1.807, 2.05) is 0 Å². The zero-order valence-corrected chi connectivity index (χ0v) is 19.6. The van der Waals surface area contributed by atoms with E-state index in [0.29, 0.717) is 42.3 Å². The molecule has 182 valence electrons. The Bertz CT molecular complexity index is 1180. The maximum atomic E-state index is 13.5. The number of piperidine rings is 1. The Kier molecular flexibility index (Phi) is 6.36. The van der Waals surface area contributed by atoms with Crippen molar-refractivity contribution in [1.29, 1.82) is 0 Å². The van der Waals surface area contributed by atoms with Crippen molar-refractivity contribution in [2.75, 3.05) is 19.7 Å². The third-order valence-electron chi connectivity index (χ3n) is 6.45. The van der Waals surface area contributed by atoms with Crippen LogP contribution in [0, 0.1) is 0 Å². The first-order chi connectivity index (χ1) is 17.0. The van der Waals surface area contributed by atoms with Gasteiger partial charge in [0.15, 0.2) is 5.76 Å². The standard InChI is InChI=1S/C25H24ClN3O6/c26-18-7-5-17(6-8-18)23(31)28-11-9-25(10-12-28)29(24(32)21-4-2-14-34-21)20(16-35-25)22(30)27-15-19-3-1-13-33-19/h1-8,13-14,20H,9-12,15-16H2,(H,27,30). The lowest BCUT2D eigenvalue weighted by atomic mass is 9.96. The van der Waals surface area contributed by atoms with Crippen molar-refractivity contribution in [3.63, 3.8) is 0 Å². The van der Waals surface area contributed by atoms with Crippen LogP contribution in [0.5, 0.6) is 0 Å². The molecule has 1 atom stereocenters. The van der Waals surface area contributed by atoms with E-state index in [-0.39, 0.29) is 30.7 Å². The van der Waals surface area contributed by atoms with Crippen LogP contribution in [0.25, 0.3) is 0 Å². The molecule has 2 aliphatic heterocycles. The lowest BCUT2D eigenvalue weighted by molar-refractivity contribution is -0.128. The zero-order chi connectivity index (χ0) is 24.4.